The number of hydrogen-bond donors (Lipinski definition) is 2. The second-order valence-electron chi connectivity index (χ2n) is 5.79. The van der Waals surface area contributed by atoms with E-state index in [-0.39, 0.29) is 24.2 Å². The van der Waals surface area contributed by atoms with Crippen LogP contribution in [0.4, 0.5) is 17.6 Å². The van der Waals surface area contributed by atoms with Crippen LogP contribution in [0.3, 0.4) is 0 Å². The summed E-state index contributed by atoms with van der Waals surface area (Å²) in [6.07, 6.45) is 0. The van der Waals surface area contributed by atoms with Crippen LogP contribution in [0.25, 0.3) is 0 Å². The van der Waals surface area contributed by atoms with Gasteiger partial charge < -0.3 is 9.47 Å². The first-order valence-electron chi connectivity index (χ1n) is 7.99. The number of hydroxylamine groups is 1. The van der Waals surface area contributed by atoms with Crippen molar-refractivity contribution < 1.29 is 37.0 Å². The maximum absolute atomic E-state index is 14.4. The highest BCUT2D eigenvalue weighted by atomic mass is 19.1. The van der Waals surface area contributed by atoms with Gasteiger partial charge in [0.25, 0.3) is 5.91 Å². The summed E-state index contributed by atoms with van der Waals surface area (Å²) in [5.41, 5.74) is 1.36. The van der Waals surface area contributed by atoms with Crippen molar-refractivity contribution in [3.05, 3.63) is 58.7 Å². The Hall–Kier alpha value is -2.85. The van der Waals surface area contributed by atoms with Crippen molar-refractivity contribution in [1.82, 2.24) is 10.4 Å². The van der Waals surface area contributed by atoms with Gasteiger partial charge >= 0.3 is 0 Å². The molecule has 0 aliphatic rings. The predicted octanol–water partition coefficient (Wildman–Crippen LogP) is 2.77. The lowest BCUT2D eigenvalue weighted by molar-refractivity contribution is -0.130. The molecule has 0 bridgehead atoms. The summed E-state index contributed by atoms with van der Waals surface area (Å²) in [5.74, 6) is -5.81. The number of ether oxygens (including phenoxy) is 2. The molecule has 0 unspecified atom stereocenters. The summed E-state index contributed by atoms with van der Waals surface area (Å²) in [4.78, 5) is 12.8. The third-order valence-corrected chi connectivity index (χ3v) is 3.95. The van der Waals surface area contributed by atoms with Crippen LogP contribution >= 0.6 is 0 Å². The quantitative estimate of drug-likeness (QED) is 0.404. The van der Waals surface area contributed by atoms with Crippen LogP contribution in [-0.2, 0) is 17.9 Å². The fourth-order valence-corrected chi connectivity index (χ4v) is 2.65. The molecule has 152 valence electrons. The van der Waals surface area contributed by atoms with E-state index in [9.17, 15) is 22.4 Å². The molecule has 28 heavy (non-hydrogen) atoms. The molecular weight excluding hydrogens is 384 g/mol. The van der Waals surface area contributed by atoms with Gasteiger partial charge in [-0.25, -0.2) is 23.0 Å². The summed E-state index contributed by atoms with van der Waals surface area (Å²) in [5, 5.41) is 8.75. The van der Waals surface area contributed by atoms with Gasteiger partial charge in [0.2, 0.25) is 0 Å². The van der Waals surface area contributed by atoms with Crippen molar-refractivity contribution in [2.24, 2.45) is 0 Å². The van der Waals surface area contributed by atoms with Gasteiger partial charge in [0.05, 0.1) is 20.8 Å². The minimum Gasteiger partial charge on any atom is -0.491 e. The highest BCUT2D eigenvalue weighted by molar-refractivity contribution is 5.76. The number of hydrogen-bond acceptors (Lipinski definition) is 5. The molecule has 0 aliphatic heterocycles. The second kappa shape index (κ2) is 9.38. The molecule has 2 rings (SSSR count). The number of halogens is 4. The van der Waals surface area contributed by atoms with Crippen LogP contribution < -0.4 is 15.0 Å². The van der Waals surface area contributed by atoms with Gasteiger partial charge in [0.15, 0.2) is 34.8 Å². The lowest BCUT2D eigenvalue weighted by Gasteiger charge is -2.23. The molecule has 2 aromatic carbocycles. The standard InChI is InChI=1S/C18H18F4N2O4/c1-27-17-12(19)5-3-10(15(17)21)7-24(9-14(25)23-26)8-11-4-6-13(20)18(28-2)16(11)22/h3-6,26H,7-9H2,1-2H3,(H,23,25). The molecule has 6 nitrogen and oxygen atoms in total. The Balaban J connectivity index is 2.35. The molecule has 0 radical (unpaired) electrons. The molecule has 1 amide bonds. The van der Waals surface area contributed by atoms with Crippen molar-refractivity contribution in [3.63, 3.8) is 0 Å². The lowest BCUT2D eigenvalue weighted by Crippen LogP contribution is -2.35. The molecule has 0 saturated heterocycles. The highest BCUT2D eigenvalue weighted by Gasteiger charge is 2.21. The molecule has 0 atom stereocenters. The molecule has 0 saturated carbocycles. The van der Waals surface area contributed by atoms with Crippen molar-refractivity contribution >= 4 is 5.91 Å². The van der Waals surface area contributed by atoms with E-state index in [0.29, 0.717) is 0 Å². The fraction of sp³-hybridized carbons (Fsp3) is 0.278. The van der Waals surface area contributed by atoms with Gasteiger partial charge in [-0.15, -0.1) is 0 Å². The monoisotopic (exact) mass is 402 g/mol. The van der Waals surface area contributed by atoms with E-state index in [1.165, 1.54) is 10.4 Å². The van der Waals surface area contributed by atoms with E-state index >= 15 is 0 Å². The lowest BCUT2D eigenvalue weighted by atomic mass is 10.1. The largest absolute Gasteiger partial charge is 0.491 e. The molecule has 0 heterocycles. The predicted molar refractivity (Wildman–Crippen MR) is 89.9 cm³/mol. The Morgan fingerprint density at radius 2 is 1.36 bits per heavy atom. The maximum Gasteiger partial charge on any atom is 0.257 e. The average Bonchev–Trinajstić information content (AvgIpc) is 2.67. The third-order valence-electron chi connectivity index (χ3n) is 3.95. The Morgan fingerprint density at radius 3 is 1.71 bits per heavy atom. The maximum atomic E-state index is 14.4. The van der Waals surface area contributed by atoms with E-state index in [2.05, 4.69) is 9.47 Å². The zero-order valence-corrected chi connectivity index (χ0v) is 15.1. The molecule has 0 spiro atoms. The Labute approximate surface area is 158 Å². The molecule has 2 N–H and O–H groups in total. The first-order valence-corrected chi connectivity index (χ1v) is 7.99. The first kappa shape index (κ1) is 21.5. The van der Waals surface area contributed by atoms with Gasteiger partial charge in [0, 0.05) is 24.2 Å². The number of benzene rings is 2. The smallest absolute Gasteiger partial charge is 0.257 e. The molecule has 2 aromatic rings. The molecule has 10 heteroatoms. The summed E-state index contributed by atoms with van der Waals surface area (Å²) in [7, 11) is 2.20. The SMILES string of the molecule is COc1c(F)ccc(CN(CC(=O)NO)Cc2ccc(F)c(OC)c2F)c1F. The van der Waals surface area contributed by atoms with E-state index in [1.54, 1.807) is 0 Å². The number of nitrogens with zero attached hydrogens (tertiary/aromatic N) is 1. The Kier molecular flexibility index (Phi) is 7.18. The zero-order valence-electron chi connectivity index (χ0n) is 15.1. The van der Waals surface area contributed by atoms with Gasteiger partial charge in [0.1, 0.15) is 0 Å². The van der Waals surface area contributed by atoms with E-state index < -0.39 is 47.2 Å². The van der Waals surface area contributed by atoms with Gasteiger partial charge in [-0.05, 0) is 12.1 Å². The van der Waals surface area contributed by atoms with Crippen molar-refractivity contribution in [2.75, 3.05) is 20.8 Å². The van der Waals surface area contributed by atoms with Crippen molar-refractivity contribution in [1.29, 1.82) is 0 Å². The van der Waals surface area contributed by atoms with Gasteiger partial charge in [-0.3, -0.25) is 14.9 Å². The average molecular weight is 402 g/mol. The van der Waals surface area contributed by atoms with Crippen LogP contribution in [0.15, 0.2) is 24.3 Å². The van der Waals surface area contributed by atoms with E-state index in [4.69, 9.17) is 5.21 Å². The highest BCUT2D eigenvalue weighted by Crippen LogP contribution is 2.28. The summed E-state index contributed by atoms with van der Waals surface area (Å²) < 4.78 is 65.3. The zero-order chi connectivity index (χ0) is 20.8. The van der Waals surface area contributed by atoms with Crippen LogP contribution in [0.1, 0.15) is 11.1 Å². The fourth-order valence-electron chi connectivity index (χ4n) is 2.65. The van der Waals surface area contributed by atoms with Gasteiger partial charge in [-0.2, -0.15) is 0 Å². The summed E-state index contributed by atoms with van der Waals surface area (Å²) in [6.45, 7) is -0.960. The van der Waals surface area contributed by atoms with Crippen LogP contribution in [0, 0.1) is 23.3 Å². The minimum atomic E-state index is -0.978. The molecular formula is C18H18F4N2O4. The normalized spacial score (nSPS) is 10.9. The topological polar surface area (TPSA) is 71.0 Å². The molecule has 0 aliphatic carbocycles. The van der Waals surface area contributed by atoms with Crippen molar-refractivity contribution in [2.45, 2.75) is 13.1 Å². The van der Waals surface area contributed by atoms with E-state index in [1.807, 2.05) is 0 Å². The third kappa shape index (κ3) is 4.70. The van der Waals surface area contributed by atoms with Crippen molar-refractivity contribution in [3.8, 4) is 11.5 Å². The van der Waals surface area contributed by atoms with Crippen LogP contribution in [-0.4, -0.2) is 36.8 Å². The van der Waals surface area contributed by atoms with Crippen LogP contribution in [0.5, 0.6) is 11.5 Å². The summed E-state index contributed by atoms with van der Waals surface area (Å²) >= 11 is 0. The number of carbonyl (C=O) groups excluding carboxylic acids is 1. The summed E-state index contributed by atoms with van der Waals surface area (Å²) in [6, 6.07) is 4.28. The number of methoxy groups -OCH3 is 2. The Morgan fingerprint density at radius 1 is 0.929 bits per heavy atom. The van der Waals surface area contributed by atoms with Crippen LogP contribution in [0.2, 0.25) is 0 Å². The molecule has 0 fully saturated rings. The molecule has 0 aromatic heterocycles. The number of nitrogens with one attached hydrogen (secondary N) is 1. The number of rotatable bonds is 8. The van der Waals surface area contributed by atoms with E-state index in [0.717, 1.165) is 38.5 Å². The Bertz CT molecular complexity index is 802. The minimum absolute atomic E-state index is 0.0292. The second-order valence-corrected chi connectivity index (χ2v) is 5.79. The number of carbonyl (C=O) groups is 1. The first-order chi connectivity index (χ1) is 13.3. The number of amides is 1. The van der Waals surface area contributed by atoms with Gasteiger partial charge in [-0.1, -0.05) is 12.1 Å².